The summed E-state index contributed by atoms with van der Waals surface area (Å²) in [6, 6.07) is 8.32. The minimum atomic E-state index is -0.415. The van der Waals surface area contributed by atoms with Gasteiger partial charge in [0.1, 0.15) is 5.56 Å². The second-order valence-electron chi connectivity index (χ2n) is 4.72. The van der Waals surface area contributed by atoms with E-state index in [4.69, 9.17) is 9.47 Å². The lowest BCUT2D eigenvalue weighted by Gasteiger charge is -2.14. The van der Waals surface area contributed by atoms with Gasteiger partial charge in [0.05, 0.1) is 6.04 Å². The molecule has 0 fully saturated rings. The zero-order valence-electron chi connectivity index (χ0n) is 11.4. The third-order valence-corrected chi connectivity index (χ3v) is 3.31. The van der Waals surface area contributed by atoms with Crippen LogP contribution in [-0.4, -0.2) is 17.7 Å². The van der Waals surface area contributed by atoms with E-state index in [1.807, 2.05) is 19.1 Å². The minimum Gasteiger partial charge on any atom is -0.454 e. The molecule has 1 aromatic heterocycles. The molecule has 0 radical (unpaired) electrons. The van der Waals surface area contributed by atoms with E-state index in [9.17, 15) is 9.59 Å². The van der Waals surface area contributed by atoms with Gasteiger partial charge in [-0.3, -0.25) is 9.59 Å². The molecule has 1 amide bonds. The maximum Gasteiger partial charge on any atom is 0.260 e. The molecule has 0 bridgehead atoms. The van der Waals surface area contributed by atoms with Crippen LogP contribution in [-0.2, 0) is 0 Å². The van der Waals surface area contributed by atoms with E-state index in [-0.39, 0.29) is 18.4 Å². The van der Waals surface area contributed by atoms with Crippen molar-refractivity contribution in [2.24, 2.45) is 0 Å². The monoisotopic (exact) mass is 286 g/mol. The number of carbonyl (C=O) groups is 1. The standard InChI is InChI=1S/C15H14N2O4/c1-9(10-4-5-12-13(7-10)21-8-20-12)17-15(19)11-3-2-6-16-14(11)18/h2-7,9H,8H2,1H3,(H,16,18)(H,17,19)/t9-/m0/s1. The van der Waals surface area contributed by atoms with Crippen LogP contribution in [0, 0.1) is 0 Å². The first-order valence-corrected chi connectivity index (χ1v) is 6.53. The number of nitrogens with one attached hydrogen (secondary N) is 2. The van der Waals surface area contributed by atoms with E-state index in [1.54, 1.807) is 12.1 Å². The SMILES string of the molecule is C[C@H](NC(=O)c1ccc[nH]c1=O)c1ccc2c(c1)OCO2. The highest BCUT2D eigenvalue weighted by Gasteiger charge is 2.18. The van der Waals surface area contributed by atoms with E-state index >= 15 is 0 Å². The molecular formula is C15H14N2O4. The fourth-order valence-electron chi connectivity index (χ4n) is 2.14. The number of benzene rings is 1. The molecule has 0 unspecified atom stereocenters. The fraction of sp³-hybridized carbons (Fsp3) is 0.200. The van der Waals surface area contributed by atoms with Crippen LogP contribution in [0.4, 0.5) is 0 Å². The van der Waals surface area contributed by atoms with Crippen molar-refractivity contribution >= 4 is 5.91 Å². The highest BCUT2D eigenvalue weighted by atomic mass is 16.7. The lowest BCUT2D eigenvalue weighted by Crippen LogP contribution is -2.31. The van der Waals surface area contributed by atoms with Gasteiger partial charge in [-0.1, -0.05) is 6.07 Å². The Labute approximate surface area is 120 Å². The molecule has 0 aliphatic carbocycles. The molecule has 6 nitrogen and oxygen atoms in total. The summed E-state index contributed by atoms with van der Waals surface area (Å²) in [5.74, 6) is 0.935. The molecule has 2 aromatic rings. The predicted octanol–water partition coefficient (Wildman–Crippen LogP) is 1.59. The van der Waals surface area contributed by atoms with Crippen LogP contribution in [0.5, 0.6) is 11.5 Å². The fourth-order valence-corrected chi connectivity index (χ4v) is 2.14. The largest absolute Gasteiger partial charge is 0.454 e. The number of aromatic amines is 1. The van der Waals surface area contributed by atoms with E-state index in [0.29, 0.717) is 11.5 Å². The highest BCUT2D eigenvalue weighted by molar-refractivity contribution is 5.94. The first kappa shape index (κ1) is 13.2. The van der Waals surface area contributed by atoms with Gasteiger partial charge in [-0.2, -0.15) is 0 Å². The van der Waals surface area contributed by atoms with Gasteiger partial charge in [0.15, 0.2) is 11.5 Å². The van der Waals surface area contributed by atoms with Crippen LogP contribution in [0.1, 0.15) is 28.9 Å². The Morgan fingerprint density at radius 3 is 2.90 bits per heavy atom. The lowest BCUT2D eigenvalue weighted by molar-refractivity contribution is 0.0938. The molecule has 1 atom stereocenters. The molecule has 21 heavy (non-hydrogen) atoms. The normalized spacial score (nSPS) is 13.8. The van der Waals surface area contributed by atoms with Gasteiger partial charge in [0.2, 0.25) is 6.79 Å². The average molecular weight is 286 g/mol. The molecule has 3 rings (SSSR count). The van der Waals surface area contributed by atoms with Crippen LogP contribution >= 0.6 is 0 Å². The predicted molar refractivity (Wildman–Crippen MR) is 75.5 cm³/mol. The van der Waals surface area contributed by atoms with Crippen molar-refractivity contribution in [2.75, 3.05) is 6.79 Å². The topological polar surface area (TPSA) is 80.4 Å². The number of carbonyl (C=O) groups excluding carboxylic acids is 1. The Bertz CT molecular complexity index is 738. The summed E-state index contributed by atoms with van der Waals surface area (Å²) in [5.41, 5.74) is 0.554. The number of aromatic nitrogens is 1. The number of fused-ring (bicyclic) bond motifs is 1. The minimum absolute atomic E-state index is 0.0880. The van der Waals surface area contributed by atoms with Gasteiger partial charge in [0, 0.05) is 6.20 Å². The van der Waals surface area contributed by atoms with Crippen LogP contribution in [0.15, 0.2) is 41.3 Å². The maximum atomic E-state index is 12.1. The molecule has 2 N–H and O–H groups in total. The van der Waals surface area contributed by atoms with Crippen molar-refractivity contribution in [3.8, 4) is 11.5 Å². The van der Waals surface area contributed by atoms with Gasteiger partial charge in [0.25, 0.3) is 11.5 Å². The second kappa shape index (κ2) is 5.32. The van der Waals surface area contributed by atoms with Crippen LogP contribution in [0.2, 0.25) is 0 Å². The molecule has 0 saturated carbocycles. The molecule has 1 aromatic carbocycles. The van der Waals surface area contributed by atoms with Crippen molar-refractivity contribution in [1.82, 2.24) is 10.3 Å². The first-order chi connectivity index (χ1) is 10.1. The molecule has 6 heteroatoms. The first-order valence-electron chi connectivity index (χ1n) is 6.53. The lowest BCUT2D eigenvalue weighted by atomic mass is 10.1. The molecular weight excluding hydrogens is 272 g/mol. The summed E-state index contributed by atoms with van der Waals surface area (Å²) in [6.07, 6.45) is 1.49. The molecule has 2 heterocycles. The van der Waals surface area contributed by atoms with E-state index in [1.165, 1.54) is 12.3 Å². The Hall–Kier alpha value is -2.76. The summed E-state index contributed by atoms with van der Waals surface area (Å²) in [5, 5.41) is 2.79. The number of amides is 1. The van der Waals surface area contributed by atoms with Crippen molar-refractivity contribution in [2.45, 2.75) is 13.0 Å². The zero-order chi connectivity index (χ0) is 14.8. The van der Waals surface area contributed by atoms with E-state index in [0.717, 1.165) is 5.56 Å². The molecule has 0 saturated heterocycles. The van der Waals surface area contributed by atoms with Gasteiger partial charge in [-0.25, -0.2) is 0 Å². The Balaban J connectivity index is 1.77. The number of H-pyrrole nitrogens is 1. The van der Waals surface area contributed by atoms with Gasteiger partial charge in [-0.15, -0.1) is 0 Å². The number of hydrogen-bond acceptors (Lipinski definition) is 4. The quantitative estimate of drug-likeness (QED) is 0.898. The maximum absolute atomic E-state index is 12.1. The third-order valence-electron chi connectivity index (χ3n) is 3.31. The van der Waals surface area contributed by atoms with E-state index in [2.05, 4.69) is 10.3 Å². The molecule has 1 aliphatic rings. The molecule has 1 aliphatic heterocycles. The van der Waals surface area contributed by atoms with Crippen molar-refractivity contribution in [3.63, 3.8) is 0 Å². The van der Waals surface area contributed by atoms with Crippen molar-refractivity contribution in [1.29, 1.82) is 0 Å². The summed E-state index contributed by atoms with van der Waals surface area (Å²) in [6.45, 7) is 2.05. The molecule has 108 valence electrons. The Morgan fingerprint density at radius 1 is 1.29 bits per heavy atom. The Kier molecular flexibility index (Phi) is 3.35. The smallest absolute Gasteiger partial charge is 0.260 e. The highest BCUT2D eigenvalue weighted by Crippen LogP contribution is 2.34. The number of rotatable bonds is 3. The van der Waals surface area contributed by atoms with Gasteiger partial charge < -0.3 is 19.8 Å². The van der Waals surface area contributed by atoms with Crippen LogP contribution in [0.25, 0.3) is 0 Å². The van der Waals surface area contributed by atoms with Crippen LogP contribution in [0.3, 0.4) is 0 Å². The summed E-state index contributed by atoms with van der Waals surface area (Å²) in [7, 11) is 0. The Morgan fingerprint density at radius 2 is 2.10 bits per heavy atom. The average Bonchev–Trinajstić information content (AvgIpc) is 2.94. The number of pyridine rings is 1. The summed E-state index contributed by atoms with van der Waals surface area (Å²) < 4.78 is 10.6. The van der Waals surface area contributed by atoms with Crippen molar-refractivity contribution in [3.05, 3.63) is 58.0 Å². The van der Waals surface area contributed by atoms with Crippen LogP contribution < -0.4 is 20.3 Å². The summed E-state index contributed by atoms with van der Waals surface area (Å²) in [4.78, 5) is 26.1. The zero-order valence-corrected chi connectivity index (χ0v) is 11.4. The molecule has 0 spiro atoms. The number of ether oxygens (including phenoxy) is 2. The summed E-state index contributed by atoms with van der Waals surface area (Å²) >= 11 is 0. The van der Waals surface area contributed by atoms with Crippen molar-refractivity contribution < 1.29 is 14.3 Å². The van der Waals surface area contributed by atoms with Gasteiger partial charge >= 0.3 is 0 Å². The van der Waals surface area contributed by atoms with E-state index < -0.39 is 11.5 Å². The third kappa shape index (κ3) is 2.60. The second-order valence-corrected chi connectivity index (χ2v) is 4.72. The number of hydrogen-bond donors (Lipinski definition) is 2. The van der Waals surface area contributed by atoms with Gasteiger partial charge in [-0.05, 0) is 36.8 Å².